The minimum atomic E-state index is -0.223. The molecule has 0 saturated heterocycles. The van der Waals surface area contributed by atoms with E-state index in [1.807, 2.05) is 55.5 Å². The lowest BCUT2D eigenvalue weighted by atomic mass is 10.1. The lowest BCUT2D eigenvalue weighted by Crippen LogP contribution is -2.23. The Morgan fingerprint density at radius 1 is 1.11 bits per heavy atom. The average molecular weight is 634 g/mol. The predicted octanol–water partition coefficient (Wildman–Crippen LogP) is 7.56. The summed E-state index contributed by atoms with van der Waals surface area (Å²) in [7, 11) is 1.58. The van der Waals surface area contributed by atoms with Crippen molar-refractivity contribution in [3.05, 3.63) is 95.9 Å². The van der Waals surface area contributed by atoms with E-state index in [1.165, 1.54) is 4.68 Å². The monoisotopic (exact) mass is 631 g/mol. The van der Waals surface area contributed by atoms with E-state index < -0.39 is 0 Å². The van der Waals surface area contributed by atoms with E-state index in [2.05, 4.69) is 43.9 Å². The molecule has 0 aliphatic heterocycles. The van der Waals surface area contributed by atoms with Gasteiger partial charge in [-0.2, -0.15) is 9.78 Å². The summed E-state index contributed by atoms with van der Waals surface area (Å²) in [6.45, 7) is 4.45. The van der Waals surface area contributed by atoms with Gasteiger partial charge in [0, 0.05) is 25.4 Å². The van der Waals surface area contributed by atoms with Crippen molar-refractivity contribution in [2.75, 3.05) is 7.11 Å². The summed E-state index contributed by atoms with van der Waals surface area (Å²) in [5.41, 5.74) is 2.13. The SMILES string of the molecule is CC[C@H](C)c1nc2ccc(Br)cc2c(=O)n1N=Cc1cc(OC)c(OCc2ccc(Cl)cc2)cc1Br. The first-order valence-electron chi connectivity index (χ1n) is 11.3. The minimum Gasteiger partial charge on any atom is -0.493 e. The molecule has 3 aromatic carbocycles. The summed E-state index contributed by atoms with van der Waals surface area (Å²) >= 11 is 13.0. The fourth-order valence-corrected chi connectivity index (χ4v) is 4.47. The zero-order valence-electron chi connectivity index (χ0n) is 20.0. The van der Waals surface area contributed by atoms with Crippen LogP contribution in [0.15, 0.2) is 73.4 Å². The molecule has 1 atom stereocenters. The Morgan fingerprint density at radius 2 is 1.86 bits per heavy atom. The van der Waals surface area contributed by atoms with Crippen LogP contribution in [-0.4, -0.2) is 23.0 Å². The highest BCUT2D eigenvalue weighted by Crippen LogP contribution is 2.33. The number of benzene rings is 3. The van der Waals surface area contributed by atoms with E-state index in [9.17, 15) is 4.79 Å². The summed E-state index contributed by atoms with van der Waals surface area (Å²) in [4.78, 5) is 18.1. The van der Waals surface area contributed by atoms with Gasteiger partial charge >= 0.3 is 0 Å². The van der Waals surface area contributed by atoms with Crippen LogP contribution in [0.1, 0.15) is 43.1 Å². The zero-order chi connectivity index (χ0) is 25.8. The number of hydrogen-bond acceptors (Lipinski definition) is 5. The predicted molar refractivity (Wildman–Crippen MR) is 152 cm³/mol. The molecular weight excluding hydrogens is 610 g/mol. The molecule has 0 spiro atoms. The van der Waals surface area contributed by atoms with E-state index >= 15 is 0 Å². The van der Waals surface area contributed by atoms with Gasteiger partial charge in [0.1, 0.15) is 12.4 Å². The number of nitrogens with zero attached hydrogens (tertiary/aromatic N) is 3. The van der Waals surface area contributed by atoms with Gasteiger partial charge < -0.3 is 9.47 Å². The van der Waals surface area contributed by atoms with Gasteiger partial charge in [-0.3, -0.25) is 4.79 Å². The fourth-order valence-electron chi connectivity index (χ4n) is 3.56. The van der Waals surface area contributed by atoms with E-state index in [4.69, 9.17) is 26.1 Å². The van der Waals surface area contributed by atoms with Gasteiger partial charge in [0.15, 0.2) is 11.5 Å². The lowest BCUT2D eigenvalue weighted by Gasteiger charge is -2.15. The van der Waals surface area contributed by atoms with Crippen molar-refractivity contribution in [3.63, 3.8) is 0 Å². The van der Waals surface area contributed by atoms with Crippen molar-refractivity contribution >= 4 is 60.6 Å². The van der Waals surface area contributed by atoms with Crippen molar-refractivity contribution in [1.82, 2.24) is 9.66 Å². The zero-order valence-corrected chi connectivity index (χ0v) is 23.9. The normalized spacial score (nSPS) is 12.3. The molecule has 0 saturated carbocycles. The van der Waals surface area contributed by atoms with Gasteiger partial charge in [-0.25, -0.2) is 4.98 Å². The van der Waals surface area contributed by atoms with Crippen LogP contribution >= 0.6 is 43.5 Å². The molecule has 4 rings (SSSR count). The molecule has 0 unspecified atom stereocenters. The molecule has 6 nitrogen and oxygen atoms in total. The van der Waals surface area contributed by atoms with Gasteiger partial charge in [-0.1, -0.05) is 53.5 Å². The number of fused-ring (bicyclic) bond motifs is 1. The second kappa shape index (κ2) is 11.6. The summed E-state index contributed by atoms with van der Waals surface area (Å²) in [6, 6.07) is 16.6. The lowest BCUT2D eigenvalue weighted by molar-refractivity contribution is 0.284. The van der Waals surface area contributed by atoms with E-state index in [0.29, 0.717) is 39.9 Å². The summed E-state index contributed by atoms with van der Waals surface area (Å²) in [6.07, 6.45) is 2.44. The average Bonchev–Trinajstić information content (AvgIpc) is 2.88. The number of rotatable bonds is 8. The van der Waals surface area contributed by atoms with Crippen LogP contribution < -0.4 is 15.0 Å². The molecule has 0 amide bonds. The maximum atomic E-state index is 13.4. The number of aromatic nitrogens is 2. The van der Waals surface area contributed by atoms with E-state index in [0.717, 1.165) is 26.5 Å². The summed E-state index contributed by atoms with van der Waals surface area (Å²) in [5.74, 6) is 1.78. The van der Waals surface area contributed by atoms with Crippen molar-refractivity contribution in [1.29, 1.82) is 0 Å². The molecule has 4 aromatic rings. The van der Waals surface area contributed by atoms with Crippen molar-refractivity contribution in [3.8, 4) is 11.5 Å². The quantitative estimate of drug-likeness (QED) is 0.188. The highest BCUT2D eigenvalue weighted by atomic mass is 79.9. The summed E-state index contributed by atoms with van der Waals surface area (Å²) < 4.78 is 14.5. The molecule has 0 aliphatic carbocycles. The van der Waals surface area contributed by atoms with Crippen LogP contribution in [0.5, 0.6) is 11.5 Å². The summed E-state index contributed by atoms with van der Waals surface area (Å²) in [5, 5.41) is 5.73. The van der Waals surface area contributed by atoms with Gasteiger partial charge in [-0.05, 0) is 70.4 Å². The molecule has 1 aromatic heterocycles. The van der Waals surface area contributed by atoms with Crippen LogP contribution in [0.4, 0.5) is 0 Å². The van der Waals surface area contributed by atoms with Crippen LogP contribution in [0.25, 0.3) is 10.9 Å². The Hall–Kier alpha value is -2.68. The molecule has 0 N–H and O–H groups in total. The van der Waals surface area contributed by atoms with Crippen LogP contribution in [0, 0.1) is 0 Å². The maximum absolute atomic E-state index is 13.4. The fraction of sp³-hybridized carbons (Fsp3) is 0.222. The van der Waals surface area contributed by atoms with Crippen molar-refractivity contribution < 1.29 is 9.47 Å². The number of halogens is 3. The molecule has 9 heteroatoms. The third-order valence-electron chi connectivity index (χ3n) is 5.79. The Kier molecular flexibility index (Phi) is 8.49. The van der Waals surface area contributed by atoms with Crippen molar-refractivity contribution in [2.45, 2.75) is 32.8 Å². The van der Waals surface area contributed by atoms with E-state index in [-0.39, 0.29) is 11.5 Å². The minimum absolute atomic E-state index is 0.0458. The Labute approximate surface area is 231 Å². The van der Waals surface area contributed by atoms with Gasteiger partial charge in [-0.15, -0.1) is 0 Å². The molecule has 0 radical (unpaired) electrons. The molecule has 1 heterocycles. The largest absolute Gasteiger partial charge is 0.493 e. The molecule has 0 aliphatic rings. The topological polar surface area (TPSA) is 65.7 Å². The van der Waals surface area contributed by atoms with Gasteiger partial charge in [0.2, 0.25) is 0 Å². The smallest absolute Gasteiger partial charge is 0.282 e. The third-order valence-corrected chi connectivity index (χ3v) is 7.22. The van der Waals surface area contributed by atoms with Gasteiger partial charge in [0.05, 0.1) is 24.2 Å². The van der Waals surface area contributed by atoms with Crippen LogP contribution in [0.3, 0.4) is 0 Å². The first kappa shape index (κ1) is 26.4. The Balaban J connectivity index is 1.69. The van der Waals surface area contributed by atoms with Crippen LogP contribution in [0.2, 0.25) is 5.02 Å². The first-order valence-corrected chi connectivity index (χ1v) is 13.3. The maximum Gasteiger partial charge on any atom is 0.282 e. The second-order valence-electron chi connectivity index (χ2n) is 8.24. The standard InChI is InChI=1S/C27H24Br2ClN3O3/c1-4-16(2)26-32-23-10-7-19(28)12-21(23)27(34)33(26)31-14-18-11-24(35-3)25(13-22(18)29)36-15-17-5-8-20(30)9-6-17/h5-14,16H,4,15H2,1-3H3/t16-/m0/s1. The second-order valence-corrected chi connectivity index (χ2v) is 10.4. The third kappa shape index (κ3) is 5.82. The molecule has 186 valence electrons. The first-order chi connectivity index (χ1) is 17.3. The number of hydrogen-bond donors (Lipinski definition) is 0. The molecule has 36 heavy (non-hydrogen) atoms. The van der Waals surface area contributed by atoms with Gasteiger partial charge in [0.25, 0.3) is 5.56 Å². The molecule has 0 fully saturated rings. The highest BCUT2D eigenvalue weighted by molar-refractivity contribution is 9.10. The molecule has 0 bridgehead atoms. The highest BCUT2D eigenvalue weighted by Gasteiger charge is 2.16. The number of ether oxygens (including phenoxy) is 2. The van der Waals surface area contributed by atoms with Crippen LogP contribution in [-0.2, 0) is 6.61 Å². The van der Waals surface area contributed by atoms with E-state index in [1.54, 1.807) is 19.4 Å². The molecular formula is C27H24Br2ClN3O3. The van der Waals surface area contributed by atoms with Crippen molar-refractivity contribution in [2.24, 2.45) is 5.10 Å². The Bertz CT molecular complexity index is 1490. The number of methoxy groups -OCH3 is 1. The Morgan fingerprint density at radius 3 is 2.56 bits per heavy atom.